The number of benzene rings is 1. The highest BCUT2D eigenvalue weighted by Crippen LogP contribution is 2.28. The highest BCUT2D eigenvalue weighted by Gasteiger charge is 2.31. The molecule has 110 valence electrons. The standard InChI is InChI=1S/C14H9ClF3NO2/c15-11-3-1-2-9(6-11)12(20)8-19-7-10(14(16,17)18)4-5-13(19)21/h1-7H,8H2. The molecule has 0 aliphatic carbocycles. The van der Waals surface area contributed by atoms with Gasteiger partial charge in [0.2, 0.25) is 0 Å². The van der Waals surface area contributed by atoms with Crippen LogP contribution in [0.1, 0.15) is 15.9 Å². The minimum atomic E-state index is -4.57. The summed E-state index contributed by atoms with van der Waals surface area (Å²) in [5.74, 6) is -0.501. The second kappa shape index (κ2) is 5.73. The van der Waals surface area contributed by atoms with Crippen molar-refractivity contribution in [1.29, 1.82) is 0 Å². The predicted molar refractivity (Wildman–Crippen MR) is 71.5 cm³/mol. The number of hydrogen-bond donors (Lipinski definition) is 0. The number of aromatic nitrogens is 1. The van der Waals surface area contributed by atoms with Gasteiger partial charge in [0.15, 0.2) is 5.78 Å². The molecule has 0 saturated heterocycles. The van der Waals surface area contributed by atoms with E-state index in [1.54, 1.807) is 12.1 Å². The van der Waals surface area contributed by atoms with E-state index in [1.165, 1.54) is 12.1 Å². The minimum absolute atomic E-state index is 0.229. The molecule has 21 heavy (non-hydrogen) atoms. The molecular formula is C14H9ClF3NO2. The van der Waals surface area contributed by atoms with Gasteiger partial charge in [0.25, 0.3) is 5.56 Å². The minimum Gasteiger partial charge on any atom is -0.307 e. The number of hydrogen-bond acceptors (Lipinski definition) is 2. The highest BCUT2D eigenvalue weighted by atomic mass is 35.5. The van der Waals surface area contributed by atoms with Crippen LogP contribution >= 0.6 is 11.6 Å². The van der Waals surface area contributed by atoms with E-state index in [1.807, 2.05) is 0 Å². The Bertz CT molecular complexity index is 737. The van der Waals surface area contributed by atoms with Crippen molar-refractivity contribution in [2.45, 2.75) is 12.7 Å². The molecule has 0 bridgehead atoms. The second-order valence-corrected chi connectivity index (χ2v) is 4.75. The fourth-order valence-corrected chi connectivity index (χ4v) is 1.92. The van der Waals surface area contributed by atoms with Crippen LogP contribution in [0.3, 0.4) is 0 Å². The van der Waals surface area contributed by atoms with Gasteiger partial charge in [-0.3, -0.25) is 9.59 Å². The summed E-state index contributed by atoms with van der Waals surface area (Å²) >= 11 is 5.74. The molecule has 3 nitrogen and oxygen atoms in total. The van der Waals surface area contributed by atoms with Gasteiger partial charge in [-0.25, -0.2) is 0 Å². The van der Waals surface area contributed by atoms with Gasteiger partial charge in [-0.2, -0.15) is 13.2 Å². The number of alkyl halides is 3. The van der Waals surface area contributed by atoms with Gasteiger partial charge in [0.1, 0.15) is 0 Å². The van der Waals surface area contributed by atoms with Gasteiger partial charge < -0.3 is 4.57 Å². The van der Waals surface area contributed by atoms with Crippen LogP contribution in [0.5, 0.6) is 0 Å². The molecule has 0 saturated carbocycles. The van der Waals surface area contributed by atoms with Crippen molar-refractivity contribution < 1.29 is 18.0 Å². The van der Waals surface area contributed by atoms with Crippen molar-refractivity contribution in [1.82, 2.24) is 4.57 Å². The van der Waals surface area contributed by atoms with Crippen LogP contribution in [0.25, 0.3) is 0 Å². The van der Waals surface area contributed by atoms with Crippen LogP contribution < -0.4 is 5.56 Å². The fraction of sp³-hybridized carbons (Fsp3) is 0.143. The lowest BCUT2D eigenvalue weighted by Crippen LogP contribution is -2.25. The molecule has 1 heterocycles. The van der Waals surface area contributed by atoms with Gasteiger partial charge in [0.05, 0.1) is 12.1 Å². The third-order valence-electron chi connectivity index (χ3n) is 2.77. The van der Waals surface area contributed by atoms with Crippen LogP contribution in [0.4, 0.5) is 13.2 Å². The van der Waals surface area contributed by atoms with E-state index in [9.17, 15) is 22.8 Å². The zero-order chi connectivity index (χ0) is 15.6. The van der Waals surface area contributed by atoms with E-state index in [0.29, 0.717) is 17.3 Å². The molecule has 0 radical (unpaired) electrons. The summed E-state index contributed by atoms with van der Waals surface area (Å²) in [6.45, 7) is -0.483. The molecule has 0 N–H and O–H groups in total. The summed E-state index contributed by atoms with van der Waals surface area (Å²) in [7, 11) is 0. The molecule has 0 aliphatic heterocycles. The van der Waals surface area contributed by atoms with E-state index in [0.717, 1.165) is 10.6 Å². The average molecular weight is 316 g/mol. The Balaban J connectivity index is 2.31. The zero-order valence-corrected chi connectivity index (χ0v) is 11.3. The number of rotatable bonds is 3. The molecule has 2 rings (SSSR count). The lowest BCUT2D eigenvalue weighted by Gasteiger charge is -2.10. The predicted octanol–water partition coefficient (Wildman–Crippen LogP) is 3.40. The largest absolute Gasteiger partial charge is 0.417 e. The summed E-state index contributed by atoms with van der Waals surface area (Å²) in [6.07, 6.45) is -3.95. The number of carbonyl (C=O) groups excluding carboxylic acids is 1. The maximum absolute atomic E-state index is 12.6. The number of pyridine rings is 1. The maximum atomic E-state index is 12.6. The highest BCUT2D eigenvalue weighted by molar-refractivity contribution is 6.31. The van der Waals surface area contributed by atoms with Gasteiger partial charge in [-0.1, -0.05) is 23.7 Å². The first kappa shape index (κ1) is 15.3. The van der Waals surface area contributed by atoms with Gasteiger partial charge in [0, 0.05) is 22.8 Å². The first-order chi connectivity index (χ1) is 9.77. The molecule has 0 atom stereocenters. The topological polar surface area (TPSA) is 39.1 Å². The first-order valence-electron chi connectivity index (χ1n) is 5.84. The molecule has 0 fully saturated rings. The number of nitrogens with zero attached hydrogens (tertiary/aromatic N) is 1. The third kappa shape index (κ3) is 3.72. The molecule has 7 heteroatoms. The molecule has 2 aromatic rings. The Morgan fingerprint density at radius 2 is 1.90 bits per heavy atom. The van der Waals surface area contributed by atoms with E-state index < -0.39 is 29.6 Å². The molecule has 1 aromatic heterocycles. The van der Waals surface area contributed by atoms with Gasteiger partial charge >= 0.3 is 6.18 Å². The van der Waals surface area contributed by atoms with Crippen molar-refractivity contribution in [3.8, 4) is 0 Å². The SMILES string of the molecule is O=C(Cn1cc(C(F)(F)F)ccc1=O)c1cccc(Cl)c1. The summed E-state index contributed by atoms with van der Waals surface area (Å²) in [5, 5.41) is 0.331. The smallest absolute Gasteiger partial charge is 0.307 e. The van der Waals surface area contributed by atoms with Crippen LogP contribution in [-0.2, 0) is 12.7 Å². The zero-order valence-electron chi connectivity index (χ0n) is 10.5. The number of Topliss-reactive ketones (excluding diaryl/α,β-unsaturated/α-hetero) is 1. The molecule has 0 aliphatic rings. The lowest BCUT2D eigenvalue weighted by atomic mass is 10.1. The number of halogens is 4. The Hall–Kier alpha value is -2.08. The number of carbonyl (C=O) groups is 1. The second-order valence-electron chi connectivity index (χ2n) is 4.32. The quantitative estimate of drug-likeness (QED) is 0.814. The summed E-state index contributed by atoms with van der Waals surface area (Å²) in [4.78, 5) is 23.5. The van der Waals surface area contributed by atoms with Crippen molar-refractivity contribution >= 4 is 17.4 Å². The van der Waals surface area contributed by atoms with Crippen molar-refractivity contribution in [3.05, 3.63) is 69.1 Å². The Labute approximate surface area is 122 Å². The molecule has 0 unspecified atom stereocenters. The van der Waals surface area contributed by atoms with E-state index >= 15 is 0 Å². The lowest BCUT2D eigenvalue weighted by molar-refractivity contribution is -0.138. The molecule has 0 spiro atoms. The normalized spacial score (nSPS) is 11.4. The monoisotopic (exact) mass is 315 g/mol. The molecule has 0 amide bonds. The average Bonchev–Trinajstić information content (AvgIpc) is 2.40. The molecular weight excluding hydrogens is 307 g/mol. The van der Waals surface area contributed by atoms with Crippen LogP contribution in [0.15, 0.2) is 47.4 Å². The van der Waals surface area contributed by atoms with Gasteiger partial charge in [-0.05, 0) is 18.2 Å². The first-order valence-corrected chi connectivity index (χ1v) is 6.21. The van der Waals surface area contributed by atoms with E-state index in [2.05, 4.69) is 0 Å². The fourth-order valence-electron chi connectivity index (χ4n) is 1.73. The van der Waals surface area contributed by atoms with Crippen LogP contribution in [0.2, 0.25) is 5.02 Å². The third-order valence-corrected chi connectivity index (χ3v) is 3.01. The van der Waals surface area contributed by atoms with E-state index in [-0.39, 0.29) is 5.56 Å². The number of ketones is 1. The maximum Gasteiger partial charge on any atom is 0.417 e. The van der Waals surface area contributed by atoms with Crippen molar-refractivity contribution in [2.75, 3.05) is 0 Å². The Morgan fingerprint density at radius 3 is 2.52 bits per heavy atom. The van der Waals surface area contributed by atoms with Crippen molar-refractivity contribution in [2.24, 2.45) is 0 Å². The summed E-state index contributed by atoms with van der Waals surface area (Å²) in [5.41, 5.74) is -1.44. The van der Waals surface area contributed by atoms with Gasteiger partial charge in [-0.15, -0.1) is 0 Å². The Kier molecular flexibility index (Phi) is 4.18. The van der Waals surface area contributed by atoms with Crippen LogP contribution in [-0.4, -0.2) is 10.4 Å². The van der Waals surface area contributed by atoms with Crippen molar-refractivity contribution in [3.63, 3.8) is 0 Å². The van der Waals surface area contributed by atoms with Crippen LogP contribution in [0, 0.1) is 0 Å². The van der Waals surface area contributed by atoms with E-state index in [4.69, 9.17) is 11.6 Å². The molecule has 1 aromatic carbocycles. The summed E-state index contributed by atoms with van der Waals surface area (Å²) < 4.78 is 38.5. The Morgan fingerprint density at radius 1 is 1.19 bits per heavy atom. The summed E-state index contributed by atoms with van der Waals surface area (Å²) in [6, 6.07) is 7.45.